The van der Waals surface area contributed by atoms with Gasteiger partial charge in [-0.15, -0.1) is 0 Å². The van der Waals surface area contributed by atoms with Crippen molar-refractivity contribution in [2.24, 2.45) is 5.41 Å². The molecule has 3 nitrogen and oxygen atoms in total. The second-order valence-corrected chi connectivity index (χ2v) is 5.34. The molecule has 0 bridgehead atoms. The van der Waals surface area contributed by atoms with Gasteiger partial charge in [0.25, 0.3) is 0 Å². The number of aryl methyl sites for hydroxylation is 1. The molecule has 1 aromatic carbocycles. The molecule has 94 valence electrons. The Bertz CT molecular complexity index is 499. The molecule has 1 aliphatic rings. The van der Waals surface area contributed by atoms with Crippen molar-refractivity contribution in [3.63, 3.8) is 0 Å². The molecule has 0 aromatic heterocycles. The average molecular weight is 242 g/mol. The first-order valence-corrected chi connectivity index (χ1v) is 6.32. The largest absolute Gasteiger partial charge is 0.337 e. The van der Waals surface area contributed by atoms with Gasteiger partial charge >= 0.3 is 0 Å². The zero-order chi connectivity index (χ0) is 13.2. The van der Waals surface area contributed by atoms with E-state index < -0.39 is 5.41 Å². The lowest BCUT2D eigenvalue weighted by molar-refractivity contribution is -0.138. The number of rotatable bonds is 1. The standard InChI is InChI=1S/C15H18N2O/c1-15(2,11-16)14(18)17-9-5-8-12-6-3-4-7-13(12)10-17/h3-4,6-7H,5,8-10H2,1-2H3. The molecule has 1 amide bonds. The van der Waals surface area contributed by atoms with E-state index in [0.29, 0.717) is 6.54 Å². The number of fused-ring (bicyclic) bond motifs is 1. The summed E-state index contributed by atoms with van der Waals surface area (Å²) in [5.74, 6) is -0.0679. The van der Waals surface area contributed by atoms with Gasteiger partial charge in [-0.3, -0.25) is 4.79 Å². The molecular formula is C15H18N2O. The van der Waals surface area contributed by atoms with Crippen LogP contribution in [0.2, 0.25) is 0 Å². The van der Waals surface area contributed by atoms with Crippen LogP contribution in [0.15, 0.2) is 24.3 Å². The number of amides is 1. The molecule has 3 heteroatoms. The molecule has 0 aliphatic carbocycles. The second kappa shape index (κ2) is 4.81. The fourth-order valence-electron chi connectivity index (χ4n) is 2.32. The van der Waals surface area contributed by atoms with Crippen LogP contribution in [0.25, 0.3) is 0 Å². The van der Waals surface area contributed by atoms with Gasteiger partial charge in [-0.2, -0.15) is 5.26 Å². The number of carbonyl (C=O) groups excluding carboxylic acids is 1. The van der Waals surface area contributed by atoms with Crippen LogP contribution in [-0.2, 0) is 17.8 Å². The fraction of sp³-hybridized carbons (Fsp3) is 0.467. The van der Waals surface area contributed by atoms with Gasteiger partial charge in [0.1, 0.15) is 5.41 Å². The Hall–Kier alpha value is -1.82. The Morgan fingerprint density at radius 3 is 2.67 bits per heavy atom. The third-order valence-electron chi connectivity index (χ3n) is 3.46. The van der Waals surface area contributed by atoms with Gasteiger partial charge in [-0.1, -0.05) is 24.3 Å². The highest BCUT2D eigenvalue weighted by Gasteiger charge is 2.32. The molecule has 0 saturated carbocycles. The average Bonchev–Trinajstić information content (AvgIpc) is 2.59. The first-order chi connectivity index (χ1) is 8.54. The lowest BCUT2D eigenvalue weighted by Gasteiger charge is -2.26. The van der Waals surface area contributed by atoms with Crippen LogP contribution in [0.4, 0.5) is 0 Å². The Morgan fingerprint density at radius 2 is 2.00 bits per heavy atom. The van der Waals surface area contributed by atoms with Crippen LogP contribution in [0, 0.1) is 16.7 Å². The summed E-state index contributed by atoms with van der Waals surface area (Å²) >= 11 is 0. The zero-order valence-electron chi connectivity index (χ0n) is 10.9. The van der Waals surface area contributed by atoms with Gasteiger partial charge < -0.3 is 4.90 Å². The van der Waals surface area contributed by atoms with E-state index in [2.05, 4.69) is 18.2 Å². The summed E-state index contributed by atoms with van der Waals surface area (Å²) in [6.07, 6.45) is 1.97. The maximum absolute atomic E-state index is 12.3. The summed E-state index contributed by atoms with van der Waals surface area (Å²) in [5, 5.41) is 9.06. The first kappa shape index (κ1) is 12.6. The van der Waals surface area contributed by atoms with E-state index in [4.69, 9.17) is 5.26 Å². The molecule has 0 saturated heterocycles. The number of nitriles is 1. The number of hydrogen-bond donors (Lipinski definition) is 0. The van der Waals surface area contributed by atoms with Crippen molar-refractivity contribution in [3.8, 4) is 6.07 Å². The van der Waals surface area contributed by atoms with Crippen LogP contribution >= 0.6 is 0 Å². The van der Waals surface area contributed by atoms with Gasteiger partial charge in [-0.25, -0.2) is 0 Å². The highest BCUT2D eigenvalue weighted by molar-refractivity contribution is 5.84. The Labute approximate surface area is 108 Å². The number of benzene rings is 1. The van der Waals surface area contributed by atoms with Crippen LogP contribution in [-0.4, -0.2) is 17.4 Å². The highest BCUT2D eigenvalue weighted by atomic mass is 16.2. The van der Waals surface area contributed by atoms with Gasteiger partial charge in [0.2, 0.25) is 5.91 Å². The Morgan fingerprint density at radius 1 is 1.33 bits per heavy atom. The normalized spacial score (nSPS) is 15.5. The molecule has 0 fully saturated rings. The molecule has 0 N–H and O–H groups in total. The van der Waals surface area contributed by atoms with Crippen LogP contribution in [0.3, 0.4) is 0 Å². The maximum atomic E-state index is 12.3. The molecule has 0 unspecified atom stereocenters. The quantitative estimate of drug-likeness (QED) is 0.759. The molecule has 2 rings (SSSR count). The summed E-state index contributed by atoms with van der Waals surface area (Å²) in [5.41, 5.74) is 1.60. The summed E-state index contributed by atoms with van der Waals surface area (Å²) < 4.78 is 0. The monoisotopic (exact) mass is 242 g/mol. The number of hydrogen-bond acceptors (Lipinski definition) is 2. The van der Waals surface area contributed by atoms with Crippen LogP contribution < -0.4 is 0 Å². The van der Waals surface area contributed by atoms with Crippen LogP contribution in [0.1, 0.15) is 31.4 Å². The predicted octanol–water partition coefficient (Wildman–Crippen LogP) is 2.51. The van der Waals surface area contributed by atoms with Gasteiger partial charge in [-0.05, 0) is 37.8 Å². The molecular weight excluding hydrogens is 224 g/mol. The summed E-state index contributed by atoms with van der Waals surface area (Å²) in [7, 11) is 0. The first-order valence-electron chi connectivity index (χ1n) is 6.32. The van der Waals surface area contributed by atoms with E-state index >= 15 is 0 Å². The van der Waals surface area contributed by atoms with E-state index in [0.717, 1.165) is 19.4 Å². The van der Waals surface area contributed by atoms with Crippen molar-refractivity contribution < 1.29 is 4.79 Å². The highest BCUT2D eigenvalue weighted by Crippen LogP contribution is 2.23. The van der Waals surface area contributed by atoms with Crippen molar-refractivity contribution in [1.29, 1.82) is 5.26 Å². The van der Waals surface area contributed by atoms with E-state index in [-0.39, 0.29) is 5.91 Å². The molecule has 0 spiro atoms. The molecule has 1 aromatic rings. The van der Waals surface area contributed by atoms with Crippen molar-refractivity contribution in [2.45, 2.75) is 33.2 Å². The van der Waals surface area contributed by atoms with Crippen molar-refractivity contribution in [1.82, 2.24) is 4.90 Å². The minimum Gasteiger partial charge on any atom is -0.337 e. The lowest BCUT2D eigenvalue weighted by atomic mass is 9.93. The second-order valence-electron chi connectivity index (χ2n) is 5.34. The third kappa shape index (κ3) is 2.38. The summed E-state index contributed by atoms with van der Waals surface area (Å²) in [4.78, 5) is 14.1. The third-order valence-corrected chi connectivity index (χ3v) is 3.46. The van der Waals surface area contributed by atoms with E-state index in [1.165, 1.54) is 11.1 Å². The van der Waals surface area contributed by atoms with Gasteiger partial charge in [0, 0.05) is 13.1 Å². The van der Waals surface area contributed by atoms with E-state index in [9.17, 15) is 4.79 Å². The number of carbonyl (C=O) groups is 1. The molecule has 18 heavy (non-hydrogen) atoms. The molecule has 1 heterocycles. The molecule has 0 atom stereocenters. The van der Waals surface area contributed by atoms with E-state index in [1.54, 1.807) is 13.8 Å². The van der Waals surface area contributed by atoms with Crippen molar-refractivity contribution >= 4 is 5.91 Å². The maximum Gasteiger partial charge on any atom is 0.242 e. The van der Waals surface area contributed by atoms with Crippen molar-refractivity contribution in [2.75, 3.05) is 6.54 Å². The predicted molar refractivity (Wildman–Crippen MR) is 69.6 cm³/mol. The fourth-order valence-corrected chi connectivity index (χ4v) is 2.32. The van der Waals surface area contributed by atoms with Gasteiger partial charge in [0.05, 0.1) is 6.07 Å². The SMILES string of the molecule is CC(C)(C#N)C(=O)N1CCCc2ccccc2C1. The minimum atomic E-state index is -0.931. The Balaban J connectivity index is 2.23. The molecule has 0 radical (unpaired) electrons. The topological polar surface area (TPSA) is 44.1 Å². The zero-order valence-corrected chi connectivity index (χ0v) is 10.9. The summed E-state index contributed by atoms with van der Waals surface area (Å²) in [6, 6.07) is 10.3. The van der Waals surface area contributed by atoms with Gasteiger partial charge in [0.15, 0.2) is 0 Å². The smallest absolute Gasteiger partial charge is 0.242 e. The van der Waals surface area contributed by atoms with E-state index in [1.807, 2.05) is 17.0 Å². The number of nitrogens with zero attached hydrogens (tertiary/aromatic N) is 2. The molecule has 1 aliphatic heterocycles. The van der Waals surface area contributed by atoms with Crippen LogP contribution in [0.5, 0.6) is 0 Å². The Kier molecular flexibility index (Phi) is 3.38. The minimum absolute atomic E-state index is 0.0679. The summed E-state index contributed by atoms with van der Waals surface area (Å²) in [6.45, 7) is 4.73. The lowest BCUT2D eigenvalue weighted by Crippen LogP contribution is -2.39. The van der Waals surface area contributed by atoms with Crippen molar-refractivity contribution in [3.05, 3.63) is 35.4 Å².